The minimum atomic E-state index is -1.06. The zero-order valence-electron chi connectivity index (χ0n) is 10.7. The zero-order chi connectivity index (χ0) is 13.9. The standard InChI is InChI=1S/C13H17BrN2O2/c1-8(2)13(3,12(15)18)16-11(17)9-6-4-5-7-10(9)14/h4-8H,1-3H3,(H2,15,18)(H,16,17)/t13-/m0/s1. The van der Waals surface area contributed by atoms with E-state index >= 15 is 0 Å². The molecular formula is C13H17BrN2O2. The molecule has 0 radical (unpaired) electrons. The van der Waals surface area contributed by atoms with Gasteiger partial charge < -0.3 is 11.1 Å². The van der Waals surface area contributed by atoms with Gasteiger partial charge in [0.05, 0.1) is 5.56 Å². The molecule has 0 aliphatic carbocycles. The molecule has 0 saturated carbocycles. The van der Waals surface area contributed by atoms with E-state index in [1.807, 2.05) is 19.9 Å². The van der Waals surface area contributed by atoms with Crippen LogP contribution in [0.4, 0.5) is 0 Å². The van der Waals surface area contributed by atoms with E-state index in [1.54, 1.807) is 25.1 Å². The van der Waals surface area contributed by atoms with Gasteiger partial charge in [-0.15, -0.1) is 0 Å². The highest BCUT2D eigenvalue weighted by Crippen LogP contribution is 2.20. The van der Waals surface area contributed by atoms with Gasteiger partial charge >= 0.3 is 0 Å². The molecule has 2 amide bonds. The maximum atomic E-state index is 12.1. The second-order valence-electron chi connectivity index (χ2n) is 4.66. The van der Waals surface area contributed by atoms with Crippen LogP contribution in [0, 0.1) is 5.92 Å². The second kappa shape index (κ2) is 5.52. The number of carbonyl (C=O) groups is 2. The van der Waals surface area contributed by atoms with Crippen molar-refractivity contribution in [3.8, 4) is 0 Å². The SMILES string of the molecule is CC(C)[C@](C)(NC(=O)c1ccccc1Br)C(N)=O. The Hall–Kier alpha value is -1.36. The monoisotopic (exact) mass is 312 g/mol. The minimum absolute atomic E-state index is 0.0959. The Morgan fingerprint density at radius 2 is 1.89 bits per heavy atom. The summed E-state index contributed by atoms with van der Waals surface area (Å²) in [7, 11) is 0. The molecule has 0 aliphatic heterocycles. The molecule has 1 aromatic rings. The third-order valence-electron chi connectivity index (χ3n) is 3.16. The Bertz CT molecular complexity index is 474. The van der Waals surface area contributed by atoms with Gasteiger partial charge in [-0.1, -0.05) is 26.0 Å². The number of hydrogen-bond donors (Lipinski definition) is 2. The highest BCUT2D eigenvalue weighted by molar-refractivity contribution is 9.10. The second-order valence-corrected chi connectivity index (χ2v) is 5.51. The number of amides is 2. The van der Waals surface area contributed by atoms with E-state index in [0.29, 0.717) is 10.0 Å². The van der Waals surface area contributed by atoms with Crippen LogP contribution >= 0.6 is 15.9 Å². The number of benzene rings is 1. The highest BCUT2D eigenvalue weighted by Gasteiger charge is 2.36. The maximum Gasteiger partial charge on any atom is 0.253 e. The van der Waals surface area contributed by atoms with Crippen molar-refractivity contribution in [1.29, 1.82) is 0 Å². The predicted octanol–water partition coefficient (Wildman–Crippen LogP) is 2.08. The van der Waals surface area contributed by atoms with Crippen LogP contribution in [0.1, 0.15) is 31.1 Å². The molecule has 1 atom stereocenters. The lowest BCUT2D eigenvalue weighted by Crippen LogP contribution is -2.58. The van der Waals surface area contributed by atoms with E-state index in [2.05, 4.69) is 21.2 Å². The van der Waals surface area contributed by atoms with Crippen LogP contribution in [0.2, 0.25) is 0 Å². The Kier molecular flexibility index (Phi) is 4.51. The van der Waals surface area contributed by atoms with E-state index in [9.17, 15) is 9.59 Å². The quantitative estimate of drug-likeness (QED) is 0.893. The van der Waals surface area contributed by atoms with Crippen molar-refractivity contribution in [3.05, 3.63) is 34.3 Å². The van der Waals surface area contributed by atoms with Crippen molar-refractivity contribution in [1.82, 2.24) is 5.32 Å². The molecule has 0 heterocycles. The molecule has 0 aromatic heterocycles. The van der Waals surface area contributed by atoms with Gasteiger partial charge in [0.1, 0.15) is 5.54 Å². The number of hydrogen-bond acceptors (Lipinski definition) is 2. The van der Waals surface area contributed by atoms with E-state index in [4.69, 9.17) is 5.73 Å². The summed E-state index contributed by atoms with van der Waals surface area (Å²) in [6.07, 6.45) is 0. The molecular weight excluding hydrogens is 296 g/mol. The van der Waals surface area contributed by atoms with Crippen LogP contribution in [0.5, 0.6) is 0 Å². The Morgan fingerprint density at radius 3 is 2.33 bits per heavy atom. The number of nitrogens with two attached hydrogens (primary N) is 1. The number of carbonyl (C=O) groups excluding carboxylic acids is 2. The molecule has 1 aromatic carbocycles. The molecule has 1 rings (SSSR count). The molecule has 18 heavy (non-hydrogen) atoms. The molecule has 4 nitrogen and oxygen atoms in total. The fraction of sp³-hybridized carbons (Fsp3) is 0.385. The lowest BCUT2D eigenvalue weighted by molar-refractivity contribution is -0.125. The van der Waals surface area contributed by atoms with Crippen molar-refractivity contribution < 1.29 is 9.59 Å². The Morgan fingerprint density at radius 1 is 1.33 bits per heavy atom. The smallest absolute Gasteiger partial charge is 0.253 e. The first-order valence-electron chi connectivity index (χ1n) is 5.66. The topological polar surface area (TPSA) is 72.2 Å². The summed E-state index contributed by atoms with van der Waals surface area (Å²) in [6.45, 7) is 5.31. The van der Waals surface area contributed by atoms with Crippen molar-refractivity contribution in [2.75, 3.05) is 0 Å². The number of halogens is 1. The van der Waals surface area contributed by atoms with Crippen LogP contribution in [0.25, 0.3) is 0 Å². The summed E-state index contributed by atoms with van der Waals surface area (Å²) in [5, 5.41) is 2.71. The van der Waals surface area contributed by atoms with Crippen LogP contribution in [-0.4, -0.2) is 17.4 Å². The van der Waals surface area contributed by atoms with Gasteiger partial charge in [-0.25, -0.2) is 0 Å². The molecule has 98 valence electrons. The van der Waals surface area contributed by atoms with E-state index in [1.165, 1.54) is 0 Å². The Labute approximate surface area is 115 Å². The predicted molar refractivity (Wildman–Crippen MR) is 74.0 cm³/mol. The van der Waals surface area contributed by atoms with Crippen molar-refractivity contribution in [3.63, 3.8) is 0 Å². The summed E-state index contributed by atoms with van der Waals surface area (Å²) in [5.41, 5.74) is 4.79. The van der Waals surface area contributed by atoms with Gasteiger partial charge in [-0.3, -0.25) is 9.59 Å². The van der Waals surface area contributed by atoms with Crippen molar-refractivity contribution >= 4 is 27.7 Å². The number of nitrogens with one attached hydrogen (secondary N) is 1. The fourth-order valence-corrected chi connectivity index (χ4v) is 1.90. The molecule has 0 fully saturated rings. The lowest BCUT2D eigenvalue weighted by atomic mass is 9.87. The molecule has 0 bridgehead atoms. The van der Waals surface area contributed by atoms with Crippen LogP contribution in [0.15, 0.2) is 28.7 Å². The summed E-state index contributed by atoms with van der Waals surface area (Å²) >= 11 is 3.30. The van der Waals surface area contributed by atoms with Crippen LogP contribution < -0.4 is 11.1 Å². The molecule has 0 aliphatic rings. The van der Waals surface area contributed by atoms with Crippen molar-refractivity contribution in [2.45, 2.75) is 26.3 Å². The normalized spacial score (nSPS) is 14.1. The van der Waals surface area contributed by atoms with Crippen LogP contribution in [0.3, 0.4) is 0 Å². The molecule has 0 spiro atoms. The fourth-order valence-electron chi connectivity index (χ4n) is 1.44. The van der Waals surface area contributed by atoms with Gasteiger partial charge in [0, 0.05) is 4.47 Å². The largest absolute Gasteiger partial charge is 0.368 e. The molecule has 0 unspecified atom stereocenters. The number of primary amides is 1. The maximum absolute atomic E-state index is 12.1. The Balaban J connectivity index is 3.00. The van der Waals surface area contributed by atoms with Gasteiger partial charge in [0.2, 0.25) is 5.91 Å². The zero-order valence-corrected chi connectivity index (χ0v) is 12.2. The third-order valence-corrected chi connectivity index (χ3v) is 3.85. The first kappa shape index (κ1) is 14.7. The van der Waals surface area contributed by atoms with Gasteiger partial charge in [0.25, 0.3) is 5.91 Å². The third kappa shape index (κ3) is 2.90. The van der Waals surface area contributed by atoms with E-state index in [0.717, 1.165) is 0 Å². The average molecular weight is 313 g/mol. The molecule has 0 saturated heterocycles. The van der Waals surface area contributed by atoms with Gasteiger partial charge in [0.15, 0.2) is 0 Å². The van der Waals surface area contributed by atoms with E-state index < -0.39 is 11.4 Å². The highest BCUT2D eigenvalue weighted by atomic mass is 79.9. The first-order chi connectivity index (χ1) is 8.29. The minimum Gasteiger partial charge on any atom is -0.368 e. The first-order valence-corrected chi connectivity index (χ1v) is 6.45. The van der Waals surface area contributed by atoms with Gasteiger partial charge in [-0.05, 0) is 40.9 Å². The average Bonchev–Trinajstić information content (AvgIpc) is 2.28. The summed E-state index contributed by atoms with van der Waals surface area (Å²) < 4.78 is 0.679. The van der Waals surface area contributed by atoms with E-state index in [-0.39, 0.29) is 11.8 Å². The lowest BCUT2D eigenvalue weighted by Gasteiger charge is -2.31. The van der Waals surface area contributed by atoms with Gasteiger partial charge in [-0.2, -0.15) is 0 Å². The number of rotatable bonds is 4. The van der Waals surface area contributed by atoms with Crippen molar-refractivity contribution in [2.24, 2.45) is 11.7 Å². The molecule has 5 heteroatoms. The molecule has 3 N–H and O–H groups in total. The summed E-state index contributed by atoms with van der Waals surface area (Å²) in [6, 6.07) is 7.03. The summed E-state index contributed by atoms with van der Waals surface area (Å²) in [5.74, 6) is -0.961. The van der Waals surface area contributed by atoms with Crippen LogP contribution in [-0.2, 0) is 4.79 Å². The summed E-state index contributed by atoms with van der Waals surface area (Å²) in [4.78, 5) is 23.7.